The molecule has 7 heteroatoms. The Labute approximate surface area is 279 Å². The second kappa shape index (κ2) is 17.5. The molecule has 0 bridgehead atoms. The average Bonchev–Trinajstić information content (AvgIpc) is 2.91. The minimum absolute atomic E-state index is 0.149. The molecule has 0 aromatic heterocycles. The van der Waals surface area contributed by atoms with E-state index in [9.17, 15) is 19.8 Å². The van der Waals surface area contributed by atoms with Gasteiger partial charge in [-0.2, -0.15) is 0 Å². The summed E-state index contributed by atoms with van der Waals surface area (Å²) < 4.78 is 9.99. The molecule has 0 atom stereocenters. The quantitative estimate of drug-likeness (QED) is 0.277. The van der Waals surface area contributed by atoms with E-state index in [1.165, 1.54) is 0 Å². The minimum Gasteiger partial charge on any atom is -0.507 e. The van der Waals surface area contributed by atoms with E-state index < -0.39 is 0 Å². The molecule has 0 unspecified atom stereocenters. The SMILES string of the molecule is C=O.CCOC(=O)CCc1cc(C(C)(C)C)c(O)c(C(C)(C)C)c1.CCOC(=O)CCc1cc(C(C)(C)C)c(O)c(C(C)(C)C)c1. The van der Waals surface area contributed by atoms with E-state index >= 15 is 0 Å². The van der Waals surface area contributed by atoms with Gasteiger partial charge < -0.3 is 24.5 Å². The number of phenolic OH excluding ortho intramolecular Hbond substituents is 2. The Morgan fingerprint density at radius 2 is 0.761 bits per heavy atom. The van der Waals surface area contributed by atoms with Gasteiger partial charge in [-0.3, -0.25) is 9.59 Å². The molecule has 0 radical (unpaired) electrons. The number of phenols is 2. The lowest BCUT2D eigenvalue weighted by Crippen LogP contribution is -2.18. The van der Waals surface area contributed by atoms with Crippen LogP contribution < -0.4 is 0 Å². The Kier molecular flexibility index (Phi) is 16.3. The molecule has 7 nitrogen and oxygen atoms in total. The van der Waals surface area contributed by atoms with Crippen molar-refractivity contribution in [3.05, 3.63) is 57.6 Å². The highest BCUT2D eigenvalue weighted by molar-refractivity contribution is 5.70. The standard InChI is InChI=1S/2C19H30O3.CH2O/c2*1-8-22-16(20)10-9-13-11-14(18(2,3)4)17(21)15(12-13)19(5,6)7;1-2/h2*11-12,21H,8-10H2,1-7H3;1H2. The van der Waals surface area contributed by atoms with Crippen molar-refractivity contribution >= 4 is 18.7 Å². The normalized spacial score (nSPS) is 11.9. The maximum atomic E-state index is 11.6. The second-order valence-electron chi connectivity index (χ2n) is 15.7. The molecular formula is C39H62O7. The molecule has 0 fully saturated rings. The zero-order chi connectivity index (χ0) is 36.3. The largest absolute Gasteiger partial charge is 0.507 e. The number of ether oxygens (including phenoxy) is 2. The molecule has 2 N–H and O–H groups in total. The molecule has 0 aliphatic rings. The Hall–Kier alpha value is -3.35. The van der Waals surface area contributed by atoms with Gasteiger partial charge in [0.05, 0.1) is 13.2 Å². The van der Waals surface area contributed by atoms with Crippen molar-refractivity contribution in [1.29, 1.82) is 0 Å². The molecule has 0 heterocycles. The van der Waals surface area contributed by atoms with Crippen molar-refractivity contribution in [2.45, 2.75) is 144 Å². The van der Waals surface area contributed by atoms with Gasteiger partial charge in [0, 0.05) is 12.8 Å². The van der Waals surface area contributed by atoms with Gasteiger partial charge in [0.2, 0.25) is 0 Å². The topological polar surface area (TPSA) is 110 Å². The third kappa shape index (κ3) is 13.6. The van der Waals surface area contributed by atoms with Crippen LogP contribution in [0.3, 0.4) is 0 Å². The summed E-state index contributed by atoms with van der Waals surface area (Å²) in [6.07, 6.45) is 1.99. The molecule has 0 aliphatic carbocycles. The fourth-order valence-electron chi connectivity index (χ4n) is 4.92. The fraction of sp³-hybridized carbons (Fsp3) is 0.615. The molecule has 2 rings (SSSR count). The van der Waals surface area contributed by atoms with Gasteiger partial charge in [0.1, 0.15) is 18.3 Å². The summed E-state index contributed by atoms with van der Waals surface area (Å²) in [7, 11) is 0. The molecule has 2 aromatic rings. The minimum atomic E-state index is -0.176. The van der Waals surface area contributed by atoms with Crippen LogP contribution in [-0.2, 0) is 58.4 Å². The number of carbonyl (C=O) groups excluding carboxylic acids is 3. The predicted octanol–water partition coefficient (Wildman–Crippen LogP) is 8.78. The summed E-state index contributed by atoms with van der Waals surface area (Å²) in [5.41, 5.74) is 5.26. The molecular weight excluding hydrogens is 580 g/mol. The Morgan fingerprint density at radius 1 is 0.543 bits per heavy atom. The molecule has 0 saturated carbocycles. The maximum absolute atomic E-state index is 11.6. The van der Waals surface area contributed by atoms with E-state index in [2.05, 4.69) is 83.1 Å². The number of hydrogen-bond acceptors (Lipinski definition) is 7. The van der Waals surface area contributed by atoms with Crippen LogP contribution >= 0.6 is 0 Å². The van der Waals surface area contributed by atoms with E-state index in [1.807, 2.05) is 44.9 Å². The predicted molar refractivity (Wildman–Crippen MR) is 188 cm³/mol. The van der Waals surface area contributed by atoms with Gasteiger partial charge in [-0.05, 0) is 81.7 Å². The Balaban J connectivity index is 0.000000835. The lowest BCUT2D eigenvalue weighted by Gasteiger charge is -2.28. The summed E-state index contributed by atoms with van der Waals surface area (Å²) in [4.78, 5) is 31.2. The third-order valence-corrected chi connectivity index (χ3v) is 7.42. The fourth-order valence-corrected chi connectivity index (χ4v) is 4.92. The van der Waals surface area contributed by atoms with Gasteiger partial charge >= 0.3 is 11.9 Å². The monoisotopic (exact) mass is 642 g/mol. The van der Waals surface area contributed by atoms with Crippen molar-refractivity contribution in [2.75, 3.05) is 13.2 Å². The van der Waals surface area contributed by atoms with Crippen molar-refractivity contribution in [3.8, 4) is 11.5 Å². The smallest absolute Gasteiger partial charge is 0.306 e. The van der Waals surface area contributed by atoms with E-state index in [1.54, 1.807) is 0 Å². The zero-order valence-corrected chi connectivity index (χ0v) is 31.2. The average molecular weight is 643 g/mol. The summed E-state index contributed by atoms with van der Waals surface area (Å²) in [6.45, 7) is 31.5. The summed E-state index contributed by atoms with van der Waals surface area (Å²) in [6, 6.07) is 8.07. The maximum Gasteiger partial charge on any atom is 0.306 e. The Morgan fingerprint density at radius 3 is 0.935 bits per heavy atom. The van der Waals surface area contributed by atoms with Gasteiger partial charge in [0.15, 0.2) is 0 Å². The van der Waals surface area contributed by atoms with Crippen LogP contribution in [0.5, 0.6) is 11.5 Å². The molecule has 0 aliphatic heterocycles. The first-order valence-corrected chi connectivity index (χ1v) is 16.3. The van der Waals surface area contributed by atoms with Crippen molar-refractivity contribution in [1.82, 2.24) is 0 Å². The van der Waals surface area contributed by atoms with Crippen molar-refractivity contribution in [3.63, 3.8) is 0 Å². The summed E-state index contributed by atoms with van der Waals surface area (Å²) in [5, 5.41) is 21.3. The number of benzene rings is 2. The number of aryl methyl sites for hydroxylation is 2. The lowest BCUT2D eigenvalue weighted by atomic mass is 9.78. The van der Waals surface area contributed by atoms with Crippen LogP contribution in [-0.4, -0.2) is 42.2 Å². The van der Waals surface area contributed by atoms with Crippen molar-refractivity contribution < 1.29 is 34.1 Å². The van der Waals surface area contributed by atoms with Crippen LogP contribution in [0, 0.1) is 0 Å². The van der Waals surface area contributed by atoms with Gasteiger partial charge in [-0.15, -0.1) is 0 Å². The first kappa shape index (κ1) is 42.6. The molecule has 260 valence electrons. The van der Waals surface area contributed by atoms with E-state index in [0.717, 1.165) is 33.4 Å². The molecule has 0 saturated heterocycles. The number of esters is 2. The summed E-state index contributed by atoms with van der Waals surface area (Å²) in [5.74, 6) is 0.398. The molecule has 2 aromatic carbocycles. The van der Waals surface area contributed by atoms with Crippen LogP contribution in [0.4, 0.5) is 0 Å². The van der Waals surface area contributed by atoms with E-state index in [4.69, 9.17) is 14.3 Å². The van der Waals surface area contributed by atoms with Gasteiger partial charge in [-0.25, -0.2) is 0 Å². The number of hydrogen-bond donors (Lipinski definition) is 2. The van der Waals surface area contributed by atoms with Gasteiger partial charge in [-0.1, -0.05) is 107 Å². The second-order valence-corrected chi connectivity index (χ2v) is 15.7. The number of rotatable bonds is 8. The van der Waals surface area contributed by atoms with E-state index in [-0.39, 0.29) is 33.6 Å². The lowest BCUT2D eigenvalue weighted by molar-refractivity contribution is -0.144. The number of carbonyl (C=O) groups is 3. The number of aromatic hydroxyl groups is 2. The highest BCUT2D eigenvalue weighted by Crippen LogP contribution is 2.41. The van der Waals surface area contributed by atoms with Crippen LogP contribution in [0.25, 0.3) is 0 Å². The first-order valence-electron chi connectivity index (χ1n) is 16.3. The highest BCUT2D eigenvalue weighted by atomic mass is 16.5. The molecule has 0 spiro atoms. The zero-order valence-electron chi connectivity index (χ0n) is 31.2. The van der Waals surface area contributed by atoms with Crippen LogP contribution in [0.15, 0.2) is 24.3 Å². The third-order valence-electron chi connectivity index (χ3n) is 7.42. The molecule has 46 heavy (non-hydrogen) atoms. The van der Waals surface area contributed by atoms with Crippen LogP contribution in [0.1, 0.15) is 143 Å². The van der Waals surface area contributed by atoms with Crippen molar-refractivity contribution in [2.24, 2.45) is 0 Å². The Bertz CT molecular complexity index is 1110. The van der Waals surface area contributed by atoms with E-state index in [0.29, 0.717) is 50.4 Å². The van der Waals surface area contributed by atoms with Gasteiger partial charge in [0.25, 0.3) is 0 Å². The molecule has 0 amide bonds. The first-order chi connectivity index (χ1) is 20.9. The van der Waals surface area contributed by atoms with Crippen LogP contribution in [0.2, 0.25) is 0 Å². The highest BCUT2D eigenvalue weighted by Gasteiger charge is 2.28. The summed E-state index contributed by atoms with van der Waals surface area (Å²) >= 11 is 0.